The van der Waals surface area contributed by atoms with Gasteiger partial charge in [0, 0.05) is 13.2 Å². The third-order valence-corrected chi connectivity index (χ3v) is 6.04. The highest BCUT2D eigenvalue weighted by Gasteiger charge is 2.21. The van der Waals surface area contributed by atoms with Gasteiger partial charge in [-0.25, -0.2) is 19.9 Å². The molecule has 5 rings (SSSR count). The minimum absolute atomic E-state index is 0.197. The molecule has 9 nitrogen and oxygen atoms in total. The number of aromatic nitrogens is 5. The van der Waals surface area contributed by atoms with E-state index in [-0.39, 0.29) is 5.56 Å². The fourth-order valence-electron chi connectivity index (χ4n) is 4.27. The lowest BCUT2D eigenvalue weighted by Crippen LogP contribution is -2.28. The maximum Gasteiger partial charge on any atom is 0.266 e. The SMILES string of the molecule is CNc1cc(-c2cccc3nc(C(C)Nc4nc(C)ncc4C#N)n(-c4ccccc4)c(=O)c23)ccn1. The molecule has 0 amide bonds. The molecule has 2 aromatic carbocycles. The Hall–Kier alpha value is -5.10. The molecule has 0 saturated heterocycles. The summed E-state index contributed by atoms with van der Waals surface area (Å²) < 4.78 is 1.61. The molecule has 0 aliphatic heterocycles. The number of nitriles is 1. The first-order valence-corrected chi connectivity index (χ1v) is 11.8. The first kappa shape index (κ1) is 23.6. The van der Waals surface area contributed by atoms with Crippen molar-refractivity contribution in [3.05, 3.63) is 101 Å². The van der Waals surface area contributed by atoms with Crippen molar-refractivity contribution in [3.63, 3.8) is 0 Å². The van der Waals surface area contributed by atoms with E-state index in [9.17, 15) is 10.1 Å². The van der Waals surface area contributed by atoms with Crippen LogP contribution in [0.25, 0.3) is 27.7 Å². The summed E-state index contributed by atoms with van der Waals surface area (Å²) in [6.45, 7) is 3.64. The van der Waals surface area contributed by atoms with Crippen LogP contribution in [0.15, 0.2) is 77.9 Å². The van der Waals surface area contributed by atoms with Crippen molar-refractivity contribution in [2.75, 3.05) is 17.7 Å². The Kier molecular flexibility index (Phi) is 6.31. The lowest BCUT2D eigenvalue weighted by atomic mass is 10.0. The molecule has 0 aliphatic carbocycles. The monoisotopic (exact) mass is 488 g/mol. The van der Waals surface area contributed by atoms with Crippen LogP contribution in [0.2, 0.25) is 0 Å². The number of rotatable bonds is 6. The fraction of sp³-hybridized carbons (Fsp3) is 0.143. The Morgan fingerprint density at radius 3 is 2.59 bits per heavy atom. The molecular weight excluding hydrogens is 464 g/mol. The van der Waals surface area contributed by atoms with E-state index in [1.165, 1.54) is 6.20 Å². The molecule has 0 aliphatic rings. The molecule has 3 aromatic heterocycles. The third-order valence-electron chi connectivity index (χ3n) is 6.04. The van der Waals surface area contributed by atoms with Crippen LogP contribution in [0.4, 0.5) is 11.6 Å². The lowest BCUT2D eigenvalue weighted by Gasteiger charge is -2.21. The normalized spacial score (nSPS) is 11.6. The van der Waals surface area contributed by atoms with Crippen LogP contribution in [0.3, 0.4) is 0 Å². The predicted molar refractivity (Wildman–Crippen MR) is 144 cm³/mol. The van der Waals surface area contributed by atoms with Gasteiger partial charge in [-0.15, -0.1) is 0 Å². The number of pyridine rings is 1. The van der Waals surface area contributed by atoms with Gasteiger partial charge >= 0.3 is 0 Å². The number of fused-ring (bicyclic) bond motifs is 1. The topological polar surface area (TPSA) is 121 Å². The van der Waals surface area contributed by atoms with Crippen molar-refractivity contribution >= 4 is 22.5 Å². The average Bonchev–Trinajstić information content (AvgIpc) is 2.93. The number of hydrogen-bond acceptors (Lipinski definition) is 8. The van der Waals surface area contributed by atoms with Crippen molar-refractivity contribution in [2.45, 2.75) is 19.9 Å². The zero-order valence-corrected chi connectivity index (χ0v) is 20.6. The minimum atomic E-state index is -0.459. The first-order valence-electron chi connectivity index (χ1n) is 11.8. The molecule has 1 atom stereocenters. The van der Waals surface area contributed by atoms with Crippen LogP contribution in [-0.2, 0) is 0 Å². The van der Waals surface area contributed by atoms with E-state index in [2.05, 4.69) is 31.7 Å². The van der Waals surface area contributed by atoms with Crippen LogP contribution >= 0.6 is 0 Å². The van der Waals surface area contributed by atoms with Crippen molar-refractivity contribution in [3.8, 4) is 22.9 Å². The molecule has 182 valence electrons. The highest BCUT2D eigenvalue weighted by atomic mass is 16.1. The summed E-state index contributed by atoms with van der Waals surface area (Å²) in [5.74, 6) is 2.12. The van der Waals surface area contributed by atoms with Crippen molar-refractivity contribution < 1.29 is 0 Å². The molecule has 0 radical (unpaired) electrons. The Morgan fingerprint density at radius 1 is 1.03 bits per heavy atom. The van der Waals surface area contributed by atoms with Gasteiger partial charge in [0.1, 0.15) is 34.9 Å². The smallest absolute Gasteiger partial charge is 0.266 e. The van der Waals surface area contributed by atoms with Gasteiger partial charge in [0.25, 0.3) is 5.56 Å². The van der Waals surface area contributed by atoms with E-state index in [4.69, 9.17) is 4.98 Å². The molecule has 1 unspecified atom stereocenters. The zero-order chi connectivity index (χ0) is 25.9. The first-order chi connectivity index (χ1) is 18.0. The second-order valence-electron chi connectivity index (χ2n) is 8.48. The summed E-state index contributed by atoms with van der Waals surface area (Å²) in [5.41, 5.74) is 3.00. The average molecular weight is 489 g/mol. The minimum Gasteiger partial charge on any atom is -0.373 e. The molecule has 9 heteroatoms. The van der Waals surface area contributed by atoms with Gasteiger partial charge < -0.3 is 10.6 Å². The summed E-state index contributed by atoms with van der Waals surface area (Å²) in [7, 11) is 1.80. The molecule has 3 heterocycles. The molecule has 0 spiro atoms. The Bertz CT molecular complexity index is 1710. The maximum absolute atomic E-state index is 14.2. The molecule has 2 N–H and O–H groups in total. The second kappa shape index (κ2) is 9.87. The molecule has 0 fully saturated rings. The standard InChI is InChI=1S/C28H24N8O/c1-17(33-26-20(15-29)16-32-18(2)34-26)27-35-23-11-7-10-22(19-12-13-31-24(14-19)30-3)25(23)28(37)36(27)21-8-5-4-6-9-21/h4-14,16-17H,1-3H3,(H,30,31)(H,32,33,34). The van der Waals surface area contributed by atoms with Crippen molar-refractivity contribution in [2.24, 2.45) is 0 Å². The largest absolute Gasteiger partial charge is 0.373 e. The molecule has 0 saturated carbocycles. The van der Waals surface area contributed by atoms with Gasteiger partial charge in [-0.3, -0.25) is 9.36 Å². The van der Waals surface area contributed by atoms with Gasteiger partial charge in [-0.1, -0.05) is 30.3 Å². The quantitative estimate of drug-likeness (QED) is 0.355. The summed E-state index contributed by atoms with van der Waals surface area (Å²) in [6, 6.07) is 20.5. The number of aryl methyl sites for hydroxylation is 1. The lowest BCUT2D eigenvalue weighted by molar-refractivity contribution is 0.729. The van der Waals surface area contributed by atoms with E-state index in [1.54, 1.807) is 24.7 Å². The third kappa shape index (κ3) is 4.48. The predicted octanol–water partition coefficient (Wildman–Crippen LogP) is 4.63. The summed E-state index contributed by atoms with van der Waals surface area (Å²) in [6.07, 6.45) is 3.19. The van der Waals surface area contributed by atoms with Gasteiger partial charge in [0.05, 0.1) is 28.8 Å². The number of nitrogens with one attached hydrogen (secondary N) is 2. The highest BCUT2D eigenvalue weighted by Crippen LogP contribution is 2.29. The molecule has 0 bridgehead atoms. The summed E-state index contributed by atoms with van der Waals surface area (Å²) in [5, 5.41) is 16.4. The van der Waals surface area contributed by atoms with E-state index >= 15 is 0 Å². The van der Waals surface area contributed by atoms with Gasteiger partial charge in [0.15, 0.2) is 0 Å². The van der Waals surface area contributed by atoms with Crippen LogP contribution in [0, 0.1) is 18.3 Å². The molecule has 5 aromatic rings. The number of benzene rings is 2. The van der Waals surface area contributed by atoms with Crippen LogP contribution < -0.4 is 16.2 Å². The van der Waals surface area contributed by atoms with Crippen molar-refractivity contribution in [1.82, 2.24) is 24.5 Å². The highest BCUT2D eigenvalue weighted by molar-refractivity contribution is 5.94. The molecule has 37 heavy (non-hydrogen) atoms. The number of para-hydroxylation sites is 1. The van der Waals surface area contributed by atoms with Crippen molar-refractivity contribution in [1.29, 1.82) is 5.26 Å². The fourth-order valence-corrected chi connectivity index (χ4v) is 4.27. The van der Waals surface area contributed by atoms with Gasteiger partial charge in [-0.05, 0) is 55.3 Å². The number of hydrogen-bond donors (Lipinski definition) is 2. The van der Waals surface area contributed by atoms with E-state index in [0.29, 0.717) is 45.4 Å². The number of nitrogens with zero attached hydrogens (tertiary/aromatic N) is 6. The zero-order valence-electron chi connectivity index (χ0n) is 20.6. The van der Waals surface area contributed by atoms with Crippen LogP contribution in [0.1, 0.15) is 30.2 Å². The second-order valence-corrected chi connectivity index (χ2v) is 8.48. The Labute approximate surface area is 213 Å². The number of anilines is 2. The van der Waals surface area contributed by atoms with E-state index in [1.807, 2.05) is 67.6 Å². The van der Waals surface area contributed by atoms with E-state index < -0.39 is 6.04 Å². The maximum atomic E-state index is 14.2. The van der Waals surface area contributed by atoms with Gasteiger partial charge in [-0.2, -0.15) is 5.26 Å². The van der Waals surface area contributed by atoms with E-state index in [0.717, 1.165) is 11.1 Å². The van der Waals surface area contributed by atoms with Gasteiger partial charge in [0.2, 0.25) is 0 Å². The Balaban J connectivity index is 1.74. The molecular formula is C28H24N8O. The summed E-state index contributed by atoms with van der Waals surface area (Å²) >= 11 is 0. The van der Waals surface area contributed by atoms with Crippen LogP contribution in [-0.4, -0.2) is 31.6 Å². The summed E-state index contributed by atoms with van der Waals surface area (Å²) in [4.78, 5) is 32.0. The Morgan fingerprint density at radius 2 is 1.84 bits per heavy atom. The van der Waals surface area contributed by atoms with Crippen LogP contribution in [0.5, 0.6) is 0 Å².